The number of hydrogen-bond donors (Lipinski definition) is 0. The van der Waals surface area contributed by atoms with Gasteiger partial charge in [-0.2, -0.15) is 9.50 Å². The minimum Gasteiger partial charge on any atom is -0.496 e. The highest BCUT2D eigenvalue weighted by atomic mass is 16.6. The second kappa shape index (κ2) is 7.63. The van der Waals surface area contributed by atoms with Crippen LogP contribution in [0.15, 0.2) is 65.7 Å². The van der Waals surface area contributed by atoms with Crippen molar-refractivity contribution in [1.29, 1.82) is 0 Å². The van der Waals surface area contributed by atoms with Gasteiger partial charge in [-0.25, -0.2) is 4.98 Å². The zero-order valence-electron chi connectivity index (χ0n) is 17.8. The normalized spacial score (nSPS) is 12.9. The maximum Gasteiger partial charge on any atom is 0.261 e. The van der Waals surface area contributed by atoms with Gasteiger partial charge < -0.3 is 18.8 Å². The van der Waals surface area contributed by atoms with Gasteiger partial charge in [-0.05, 0) is 30.3 Å². The summed E-state index contributed by atoms with van der Waals surface area (Å²) in [5.41, 5.74) is 2.17. The summed E-state index contributed by atoms with van der Waals surface area (Å²) in [6.45, 7) is 1.42. The lowest BCUT2D eigenvalue weighted by atomic mass is 10.2. The smallest absolute Gasteiger partial charge is 0.261 e. The highest BCUT2D eigenvalue weighted by Crippen LogP contribution is 2.33. The molecule has 1 aliphatic heterocycles. The van der Waals surface area contributed by atoms with Crippen molar-refractivity contribution in [3.05, 3.63) is 76.8 Å². The first-order valence-electron chi connectivity index (χ1n) is 10.5. The van der Waals surface area contributed by atoms with E-state index in [-0.39, 0.29) is 5.56 Å². The number of fused-ring (bicyclic) bond motifs is 4. The minimum absolute atomic E-state index is 0.163. The second-order valence-corrected chi connectivity index (χ2v) is 7.62. The molecule has 0 fully saturated rings. The average Bonchev–Trinajstić information content (AvgIpc) is 3.30. The van der Waals surface area contributed by atoms with Crippen LogP contribution in [0.2, 0.25) is 0 Å². The van der Waals surface area contributed by atoms with Crippen LogP contribution >= 0.6 is 0 Å². The van der Waals surface area contributed by atoms with Crippen LogP contribution in [0.5, 0.6) is 17.2 Å². The van der Waals surface area contributed by atoms with Crippen LogP contribution in [0.25, 0.3) is 28.1 Å². The van der Waals surface area contributed by atoms with Gasteiger partial charge in [-0.3, -0.25) is 4.79 Å². The molecular weight excluding hydrogens is 422 g/mol. The number of aromatic nitrogens is 5. The fourth-order valence-corrected chi connectivity index (χ4v) is 4.01. The highest BCUT2D eigenvalue weighted by Gasteiger charge is 2.17. The molecule has 5 aromatic rings. The predicted octanol–water partition coefficient (Wildman–Crippen LogP) is 2.93. The van der Waals surface area contributed by atoms with Crippen molar-refractivity contribution in [3.63, 3.8) is 0 Å². The van der Waals surface area contributed by atoms with E-state index in [1.54, 1.807) is 28.6 Å². The molecular formula is C24H19N5O4. The third-order valence-corrected chi connectivity index (χ3v) is 5.64. The van der Waals surface area contributed by atoms with E-state index in [0.29, 0.717) is 53.8 Å². The first-order chi connectivity index (χ1) is 16.2. The molecule has 9 heteroatoms. The lowest BCUT2D eigenvalue weighted by molar-refractivity contribution is 0.171. The number of ether oxygens (including phenoxy) is 3. The van der Waals surface area contributed by atoms with Gasteiger partial charge in [-0.1, -0.05) is 18.2 Å². The summed E-state index contributed by atoms with van der Waals surface area (Å²) in [7, 11) is 1.62. The van der Waals surface area contributed by atoms with Gasteiger partial charge in [0.25, 0.3) is 11.3 Å². The first-order valence-corrected chi connectivity index (χ1v) is 10.5. The lowest BCUT2D eigenvalue weighted by Gasteiger charge is -2.18. The van der Waals surface area contributed by atoms with Crippen LogP contribution in [0.3, 0.4) is 0 Å². The van der Waals surface area contributed by atoms with E-state index >= 15 is 0 Å². The third-order valence-electron chi connectivity index (χ3n) is 5.64. The zero-order valence-corrected chi connectivity index (χ0v) is 17.8. The number of pyridine rings is 1. The molecule has 0 saturated carbocycles. The van der Waals surface area contributed by atoms with Gasteiger partial charge in [0, 0.05) is 23.5 Å². The number of hydrogen-bond acceptors (Lipinski definition) is 7. The molecule has 0 unspecified atom stereocenters. The Labute approximate surface area is 187 Å². The standard InChI is InChI=1S/C24H19N5O4/c1-31-19-5-3-2-4-16(19)14-28-9-8-18-17(23(28)30)13-25-24-26-22(27-29(18)24)15-6-7-20-21(12-15)33-11-10-32-20/h2-9,12-13H,10-11,14H2,1H3. The van der Waals surface area contributed by atoms with Crippen molar-refractivity contribution < 1.29 is 14.2 Å². The van der Waals surface area contributed by atoms with Crippen molar-refractivity contribution in [2.75, 3.05) is 20.3 Å². The molecule has 9 nitrogen and oxygen atoms in total. The molecule has 0 atom stereocenters. The summed E-state index contributed by atoms with van der Waals surface area (Å²) in [5.74, 6) is 3.00. The summed E-state index contributed by atoms with van der Waals surface area (Å²) < 4.78 is 19.9. The Balaban J connectivity index is 1.42. The van der Waals surface area contributed by atoms with Crippen molar-refractivity contribution in [1.82, 2.24) is 24.1 Å². The van der Waals surface area contributed by atoms with E-state index in [0.717, 1.165) is 16.9 Å². The van der Waals surface area contributed by atoms with Crippen LogP contribution in [0.4, 0.5) is 0 Å². The van der Waals surface area contributed by atoms with Gasteiger partial charge in [0.05, 0.1) is 24.6 Å². The number of para-hydroxylation sites is 1. The van der Waals surface area contributed by atoms with Crippen LogP contribution < -0.4 is 19.8 Å². The van der Waals surface area contributed by atoms with E-state index in [1.807, 2.05) is 48.5 Å². The topological polar surface area (TPSA) is 92.8 Å². The molecule has 4 heterocycles. The molecule has 0 spiro atoms. The Kier molecular flexibility index (Phi) is 4.46. The summed E-state index contributed by atoms with van der Waals surface area (Å²) in [6, 6.07) is 15.1. The number of nitrogens with zero attached hydrogens (tertiary/aromatic N) is 5. The lowest BCUT2D eigenvalue weighted by Crippen LogP contribution is -2.21. The Morgan fingerprint density at radius 3 is 2.79 bits per heavy atom. The Bertz CT molecular complexity index is 1570. The van der Waals surface area contributed by atoms with E-state index in [1.165, 1.54) is 0 Å². The zero-order chi connectivity index (χ0) is 22.4. The quantitative estimate of drug-likeness (QED) is 0.423. The fraction of sp³-hybridized carbons (Fsp3) is 0.167. The Morgan fingerprint density at radius 1 is 1.06 bits per heavy atom. The highest BCUT2D eigenvalue weighted by molar-refractivity contribution is 5.79. The molecule has 0 aliphatic carbocycles. The molecule has 3 aromatic heterocycles. The van der Waals surface area contributed by atoms with Gasteiger partial charge in [0.2, 0.25) is 0 Å². The number of rotatable bonds is 4. The van der Waals surface area contributed by atoms with Crippen LogP contribution in [-0.4, -0.2) is 44.5 Å². The summed E-state index contributed by atoms with van der Waals surface area (Å²) in [5, 5.41) is 5.08. The molecule has 2 aromatic carbocycles. The Morgan fingerprint density at radius 2 is 1.91 bits per heavy atom. The third kappa shape index (κ3) is 3.25. The van der Waals surface area contributed by atoms with Crippen LogP contribution in [-0.2, 0) is 6.54 Å². The first kappa shape index (κ1) is 19.3. The predicted molar refractivity (Wildman–Crippen MR) is 121 cm³/mol. The average molecular weight is 441 g/mol. The van der Waals surface area contributed by atoms with Gasteiger partial charge in [0.1, 0.15) is 19.0 Å². The van der Waals surface area contributed by atoms with Crippen molar-refractivity contribution in [2.45, 2.75) is 6.54 Å². The maximum absolute atomic E-state index is 13.2. The van der Waals surface area contributed by atoms with Crippen molar-refractivity contribution >= 4 is 16.7 Å². The molecule has 0 N–H and O–H groups in total. The van der Waals surface area contributed by atoms with Crippen LogP contribution in [0, 0.1) is 0 Å². The van der Waals surface area contributed by atoms with E-state index in [4.69, 9.17) is 14.2 Å². The molecule has 1 aliphatic rings. The van der Waals surface area contributed by atoms with Crippen molar-refractivity contribution in [3.8, 4) is 28.6 Å². The largest absolute Gasteiger partial charge is 0.496 e. The molecule has 33 heavy (non-hydrogen) atoms. The van der Waals surface area contributed by atoms with Gasteiger partial charge in [0.15, 0.2) is 17.3 Å². The van der Waals surface area contributed by atoms with Crippen LogP contribution in [0.1, 0.15) is 5.56 Å². The van der Waals surface area contributed by atoms with Gasteiger partial charge >= 0.3 is 0 Å². The molecule has 0 radical (unpaired) electrons. The number of benzene rings is 2. The van der Waals surface area contributed by atoms with E-state index < -0.39 is 0 Å². The summed E-state index contributed by atoms with van der Waals surface area (Å²) in [6.07, 6.45) is 3.30. The summed E-state index contributed by atoms with van der Waals surface area (Å²) >= 11 is 0. The van der Waals surface area contributed by atoms with Crippen molar-refractivity contribution in [2.24, 2.45) is 0 Å². The molecule has 0 amide bonds. The molecule has 0 saturated heterocycles. The number of methoxy groups -OCH3 is 1. The Hall–Kier alpha value is -4.40. The summed E-state index contributed by atoms with van der Waals surface area (Å²) in [4.78, 5) is 22.1. The monoisotopic (exact) mass is 441 g/mol. The molecule has 0 bridgehead atoms. The SMILES string of the molecule is COc1ccccc1Cn1ccc2c(cnc3nc(-c4ccc5c(c4)OCCO5)nn32)c1=O. The molecule has 6 rings (SSSR count). The fourth-order valence-electron chi connectivity index (χ4n) is 4.01. The van der Waals surface area contributed by atoms with E-state index in [2.05, 4.69) is 15.1 Å². The maximum atomic E-state index is 13.2. The molecule has 164 valence electrons. The van der Waals surface area contributed by atoms with E-state index in [9.17, 15) is 4.79 Å². The minimum atomic E-state index is -0.163. The van der Waals surface area contributed by atoms with Gasteiger partial charge in [-0.15, -0.1) is 5.10 Å². The second-order valence-electron chi connectivity index (χ2n) is 7.62.